The molecule has 6 aliphatic heterocycles. The van der Waals surface area contributed by atoms with Gasteiger partial charge in [0.1, 0.15) is 42.0 Å². The van der Waals surface area contributed by atoms with E-state index in [1.165, 1.54) is 0 Å². The summed E-state index contributed by atoms with van der Waals surface area (Å²) in [5.41, 5.74) is 1.44. The first kappa shape index (κ1) is 49.0. The molecule has 362 valence electrons. The van der Waals surface area contributed by atoms with E-state index in [0.29, 0.717) is 31.3 Å². The van der Waals surface area contributed by atoms with E-state index in [1.54, 1.807) is 45.7 Å². The van der Waals surface area contributed by atoms with Crippen molar-refractivity contribution in [3.05, 3.63) is 69.5 Å². The summed E-state index contributed by atoms with van der Waals surface area (Å²) in [7, 11) is 4.78. The molecule has 0 radical (unpaired) electrons. The summed E-state index contributed by atoms with van der Waals surface area (Å²) in [6, 6.07) is 2.01. The molecule has 7 heterocycles. The zero-order valence-electron chi connectivity index (χ0n) is 39.1. The van der Waals surface area contributed by atoms with E-state index in [9.17, 15) is 20.1 Å². The summed E-state index contributed by atoms with van der Waals surface area (Å²) in [6.07, 6.45) is 3.05. The Hall–Kier alpha value is -2.39. The second kappa shape index (κ2) is 20.3. The van der Waals surface area contributed by atoms with Crippen LogP contribution in [0.1, 0.15) is 91.7 Å². The van der Waals surface area contributed by atoms with Crippen LogP contribution in [0.4, 0.5) is 0 Å². The van der Waals surface area contributed by atoms with E-state index in [4.69, 9.17) is 52.1 Å². The molecule has 16 heteroatoms. The number of allylic oxidation sites excluding steroid dienone is 2. The molecule has 65 heavy (non-hydrogen) atoms. The first-order valence-corrected chi connectivity index (χ1v) is 24.2. The second-order valence-corrected chi connectivity index (χ2v) is 20.1. The van der Waals surface area contributed by atoms with Gasteiger partial charge >= 0.3 is 5.97 Å². The maximum atomic E-state index is 14.5. The van der Waals surface area contributed by atoms with Crippen LogP contribution < -0.4 is 0 Å². The topological polar surface area (TPSA) is 179 Å². The molecule has 2 bridgehead atoms. The van der Waals surface area contributed by atoms with Crippen molar-refractivity contribution in [3.8, 4) is 0 Å². The summed E-state index contributed by atoms with van der Waals surface area (Å²) in [6.45, 7) is 11.8. The molecule has 3 N–H and O–H groups in total. The maximum absolute atomic E-state index is 14.5. The van der Waals surface area contributed by atoms with Gasteiger partial charge in [-0.25, -0.2) is 0 Å². The number of ether oxygens (including phenoxy) is 11. The Labute approximate surface area is 386 Å². The van der Waals surface area contributed by atoms with Crippen molar-refractivity contribution in [2.24, 2.45) is 17.8 Å². The number of carbonyl (C=O) groups is 1. The second-order valence-electron chi connectivity index (χ2n) is 19.3. The average molecular weight is 931 g/mol. The molecule has 1 aromatic rings. The van der Waals surface area contributed by atoms with E-state index < -0.39 is 115 Å². The van der Waals surface area contributed by atoms with E-state index in [-0.39, 0.29) is 31.3 Å². The Bertz CT molecular complexity index is 1920. The van der Waals surface area contributed by atoms with Crippen LogP contribution in [-0.2, 0) is 56.9 Å². The molecule has 5 saturated heterocycles. The fourth-order valence-corrected chi connectivity index (χ4v) is 11.9. The zero-order valence-corrected chi connectivity index (χ0v) is 39.9. The third-order valence-electron chi connectivity index (χ3n) is 14.9. The summed E-state index contributed by atoms with van der Waals surface area (Å²) in [5, 5.41) is 38.9. The highest BCUT2D eigenvalue weighted by molar-refractivity contribution is 7.08. The van der Waals surface area contributed by atoms with Crippen LogP contribution in [0.5, 0.6) is 0 Å². The van der Waals surface area contributed by atoms with Gasteiger partial charge in [0.05, 0.1) is 55.4 Å². The van der Waals surface area contributed by atoms with E-state index in [0.717, 1.165) is 16.7 Å². The molecule has 7 aliphatic rings. The predicted molar refractivity (Wildman–Crippen MR) is 237 cm³/mol. The van der Waals surface area contributed by atoms with Crippen LogP contribution in [0.25, 0.3) is 0 Å². The molecule has 5 fully saturated rings. The van der Waals surface area contributed by atoms with Crippen LogP contribution in [0.3, 0.4) is 0 Å². The molecule has 1 spiro atoms. The summed E-state index contributed by atoms with van der Waals surface area (Å²) in [4.78, 5) is 14.5. The molecule has 0 amide bonds. The van der Waals surface area contributed by atoms with Crippen molar-refractivity contribution >= 4 is 17.3 Å². The van der Waals surface area contributed by atoms with Crippen LogP contribution in [-0.4, -0.2) is 146 Å². The summed E-state index contributed by atoms with van der Waals surface area (Å²) in [5.74, 6) is -3.31. The lowest BCUT2D eigenvalue weighted by molar-refractivity contribution is -0.350. The molecule has 0 aromatic carbocycles. The van der Waals surface area contributed by atoms with Gasteiger partial charge in [-0.05, 0) is 73.2 Å². The minimum absolute atomic E-state index is 0.0901. The third kappa shape index (κ3) is 9.91. The zero-order chi connectivity index (χ0) is 46.4. The van der Waals surface area contributed by atoms with E-state index in [2.05, 4.69) is 13.0 Å². The SMILES string of the molecule is CO[C@H]1C[C@H](O[C@H]2[C@H](C)O[C@@H](O[C@@H]3/C(C)=C\C[C@@H]4C[C@@H](C[C@]5(CC(O)[C@H](C)C(c6ccsc6)O5)O4)OC(=O)[C@@H]4C=C(C)[C@@H](OC)[C@H]5OCC(=C/C=C\[C@@H]3C)[C@]54O)C[C@@H]2OC)O[C@@H](C)[C@@H]1O. The fraction of sp³-hybridized carbons (Fsp3) is 0.735. The molecule has 15 nitrogen and oxygen atoms in total. The lowest BCUT2D eigenvalue weighted by Crippen LogP contribution is -2.59. The molecule has 1 aromatic heterocycles. The number of esters is 1. The fourth-order valence-electron chi connectivity index (χ4n) is 11.2. The van der Waals surface area contributed by atoms with Gasteiger partial charge in [0.2, 0.25) is 0 Å². The molecule has 2 unspecified atom stereocenters. The Morgan fingerprint density at radius 3 is 2.31 bits per heavy atom. The van der Waals surface area contributed by atoms with Gasteiger partial charge in [-0.2, -0.15) is 11.3 Å². The normalized spacial score (nSPS) is 47.5. The molecule has 8 rings (SSSR count). The standard InChI is InChI=1S/C49H70O15S/c1-25-11-10-12-32-23-57-46-43(56-9)27(3)17-35(49(32,46)53)47(52)60-34-18-33(63-48(21-34)22-36(50)28(4)44(64-48)31-15-16-65-24-31)14-13-26(2)42(25)61-40-20-38(55-8)45(30(6)59-40)62-39-19-37(54-7)41(51)29(5)58-39/h10-13,15-17,24-25,28-30,33-46,50-51,53H,14,18-23H2,1-9H3/b11-10-,26-13-,32-12?/t25-,28-,29-,30-,33+,34-,35-,36?,37-,38-,39-,40-,41-,42-,43+,44?,45-,46+,48-,49+/m0/s1. The number of carbonyl (C=O) groups excluding carboxylic acids is 1. The Morgan fingerprint density at radius 1 is 0.846 bits per heavy atom. The van der Waals surface area contributed by atoms with Gasteiger partial charge in [0, 0.05) is 65.3 Å². The van der Waals surface area contributed by atoms with Crippen molar-refractivity contribution in [2.75, 3.05) is 27.9 Å². The van der Waals surface area contributed by atoms with Crippen molar-refractivity contribution < 1.29 is 72.2 Å². The van der Waals surface area contributed by atoms with Crippen molar-refractivity contribution in [3.63, 3.8) is 0 Å². The monoisotopic (exact) mass is 930 g/mol. The summed E-state index contributed by atoms with van der Waals surface area (Å²) < 4.78 is 69.9. The van der Waals surface area contributed by atoms with Crippen LogP contribution in [0.2, 0.25) is 0 Å². The highest BCUT2D eigenvalue weighted by atomic mass is 32.1. The minimum atomic E-state index is -1.75. The summed E-state index contributed by atoms with van der Waals surface area (Å²) >= 11 is 1.56. The van der Waals surface area contributed by atoms with Crippen LogP contribution >= 0.6 is 11.3 Å². The van der Waals surface area contributed by atoms with Crippen molar-refractivity contribution in [1.82, 2.24) is 0 Å². The van der Waals surface area contributed by atoms with E-state index in [1.807, 2.05) is 62.7 Å². The predicted octanol–water partition coefficient (Wildman–Crippen LogP) is 5.61. The number of methoxy groups -OCH3 is 3. The van der Waals surface area contributed by atoms with Gasteiger partial charge < -0.3 is 67.4 Å². The highest BCUT2D eigenvalue weighted by Crippen LogP contribution is 2.50. The maximum Gasteiger partial charge on any atom is 0.316 e. The number of thiophene rings is 1. The molecular formula is C49H70O15S. The first-order chi connectivity index (χ1) is 31.1. The third-order valence-corrected chi connectivity index (χ3v) is 15.6. The number of hydrogen-bond acceptors (Lipinski definition) is 16. The lowest BCUT2D eigenvalue weighted by Gasteiger charge is -2.51. The van der Waals surface area contributed by atoms with Gasteiger partial charge in [-0.1, -0.05) is 44.2 Å². The van der Waals surface area contributed by atoms with Gasteiger partial charge in [0.15, 0.2) is 18.4 Å². The number of hydrogen-bond donors (Lipinski definition) is 3. The number of fused-ring (bicyclic) bond motifs is 2. The van der Waals surface area contributed by atoms with Gasteiger partial charge in [-0.3, -0.25) is 4.79 Å². The molecule has 0 saturated carbocycles. The number of rotatable bonds is 8. The van der Waals surface area contributed by atoms with Gasteiger partial charge in [-0.15, -0.1) is 0 Å². The average Bonchev–Trinajstić information content (AvgIpc) is 3.93. The molecule has 20 atom stereocenters. The molecular weight excluding hydrogens is 861 g/mol. The lowest BCUT2D eigenvalue weighted by atomic mass is 9.70. The smallest absolute Gasteiger partial charge is 0.316 e. The Balaban J connectivity index is 1.10. The Kier molecular flexibility index (Phi) is 15.3. The van der Waals surface area contributed by atoms with Crippen LogP contribution in [0, 0.1) is 17.8 Å². The van der Waals surface area contributed by atoms with Crippen molar-refractivity contribution in [2.45, 2.75) is 183 Å². The molecule has 1 aliphatic carbocycles. The quantitative estimate of drug-likeness (QED) is 0.216. The van der Waals surface area contributed by atoms with Gasteiger partial charge in [0.25, 0.3) is 0 Å². The van der Waals surface area contributed by atoms with Crippen molar-refractivity contribution in [1.29, 1.82) is 0 Å². The number of aliphatic hydroxyl groups excluding tert-OH is 2. The Morgan fingerprint density at radius 2 is 1.58 bits per heavy atom. The minimum Gasteiger partial charge on any atom is -0.462 e. The highest BCUT2D eigenvalue weighted by Gasteiger charge is 2.61. The van der Waals surface area contributed by atoms with Crippen LogP contribution in [0.15, 0.2) is 63.9 Å². The first-order valence-electron chi connectivity index (χ1n) is 23.3. The largest absolute Gasteiger partial charge is 0.462 e. The van der Waals surface area contributed by atoms with E-state index >= 15 is 0 Å². The number of aliphatic hydroxyl groups is 3.